The molecular formula is C20H20N4O4S. The Morgan fingerprint density at radius 1 is 1.10 bits per heavy atom. The van der Waals surface area contributed by atoms with Crippen molar-refractivity contribution in [2.45, 2.75) is 4.90 Å². The highest BCUT2D eigenvalue weighted by molar-refractivity contribution is 7.89. The van der Waals surface area contributed by atoms with Crippen LogP contribution in [0.5, 0.6) is 0 Å². The zero-order valence-corrected chi connectivity index (χ0v) is 16.5. The number of nitrogens with one attached hydrogen (secondary N) is 2. The van der Waals surface area contributed by atoms with Crippen molar-refractivity contribution in [2.24, 2.45) is 0 Å². The number of morpholine rings is 1. The number of aromatic nitrogens is 2. The van der Waals surface area contributed by atoms with Gasteiger partial charge in [-0.1, -0.05) is 18.2 Å². The van der Waals surface area contributed by atoms with Crippen LogP contribution in [0, 0.1) is 0 Å². The average Bonchev–Trinajstić information content (AvgIpc) is 3.06. The molecule has 0 amide bonds. The van der Waals surface area contributed by atoms with Gasteiger partial charge >= 0.3 is 0 Å². The summed E-state index contributed by atoms with van der Waals surface area (Å²) in [5, 5.41) is 8.02. The molecule has 9 heteroatoms. The first-order chi connectivity index (χ1) is 14.0. The largest absolute Gasteiger partial charge is 0.379 e. The van der Waals surface area contributed by atoms with Gasteiger partial charge < -0.3 is 4.74 Å². The molecule has 5 rings (SSSR count). The van der Waals surface area contributed by atoms with Gasteiger partial charge in [-0.25, -0.2) is 18.2 Å². The molecule has 1 fully saturated rings. The number of rotatable bonds is 5. The number of hydrogen-bond donors (Lipinski definition) is 2. The van der Waals surface area contributed by atoms with E-state index in [1.165, 1.54) is 0 Å². The summed E-state index contributed by atoms with van der Waals surface area (Å²) in [6.45, 7) is 3.96. The van der Waals surface area contributed by atoms with Gasteiger partial charge in [-0.05, 0) is 29.3 Å². The number of sulfonamides is 1. The van der Waals surface area contributed by atoms with E-state index in [4.69, 9.17) is 4.74 Å². The van der Waals surface area contributed by atoms with Crippen molar-refractivity contribution in [3.05, 3.63) is 46.8 Å². The van der Waals surface area contributed by atoms with Gasteiger partial charge in [0.15, 0.2) is 0 Å². The fourth-order valence-electron chi connectivity index (χ4n) is 4.01. The minimum Gasteiger partial charge on any atom is -0.379 e. The highest BCUT2D eigenvalue weighted by atomic mass is 32.2. The fourth-order valence-corrected chi connectivity index (χ4v) is 5.05. The molecule has 0 spiro atoms. The molecule has 2 N–H and O–H groups in total. The lowest BCUT2D eigenvalue weighted by atomic mass is 10.0. The van der Waals surface area contributed by atoms with Crippen molar-refractivity contribution in [2.75, 3.05) is 39.4 Å². The summed E-state index contributed by atoms with van der Waals surface area (Å²) in [6, 6.07) is 10.5. The van der Waals surface area contributed by atoms with Gasteiger partial charge in [0.2, 0.25) is 10.0 Å². The Balaban J connectivity index is 1.44. The van der Waals surface area contributed by atoms with Crippen LogP contribution in [-0.2, 0) is 14.8 Å². The molecule has 29 heavy (non-hydrogen) atoms. The minimum atomic E-state index is -3.65. The van der Waals surface area contributed by atoms with Crippen LogP contribution in [0.15, 0.2) is 46.1 Å². The molecule has 150 valence electrons. The second-order valence-electron chi connectivity index (χ2n) is 7.19. The van der Waals surface area contributed by atoms with Gasteiger partial charge in [0, 0.05) is 37.1 Å². The van der Waals surface area contributed by atoms with Gasteiger partial charge in [-0.2, -0.15) is 5.10 Å². The van der Waals surface area contributed by atoms with Crippen LogP contribution in [-0.4, -0.2) is 62.9 Å². The predicted molar refractivity (Wildman–Crippen MR) is 109 cm³/mol. The highest BCUT2D eigenvalue weighted by Crippen LogP contribution is 2.45. The second-order valence-corrected chi connectivity index (χ2v) is 8.96. The van der Waals surface area contributed by atoms with E-state index >= 15 is 0 Å². The molecule has 1 aliphatic heterocycles. The topological polar surface area (TPSA) is 104 Å². The summed E-state index contributed by atoms with van der Waals surface area (Å²) in [5.74, 6) is 0. The first-order valence-corrected chi connectivity index (χ1v) is 11.0. The monoisotopic (exact) mass is 412 g/mol. The van der Waals surface area contributed by atoms with E-state index in [1.54, 1.807) is 24.3 Å². The van der Waals surface area contributed by atoms with E-state index in [0.717, 1.165) is 29.6 Å². The van der Waals surface area contributed by atoms with Gasteiger partial charge in [-0.3, -0.25) is 9.69 Å². The summed E-state index contributed by atoms with van der Waals surface area (Å²) in [7, 11) is -3.65. The van der Waals surface area contributed by atoms with E-state index in [2.05, 4.69) is 19.8 Å². The van der Waals surface area contributed by atoms with Gasteiger partial charge in [0.1, 0.15) is 0 Å². The number of benzene rings is 2. The Kier molecular flexibility index (Phi) is 4.47. The second kappa shape index (κ2) is 7.03. The van der Waals surface area contributed by atoms with E-state index in [1.807, 2.05) is 12.1 Å². The third-order valence-electron chi connectivity index (χ3n) is 5.49. The van der Waals surface area contributed by atoms with Crippen molar-refractivity contribution >= 4 is 20.8 Å². The van der Waals surface area contributed by atoms with Crippen molar-refractivity contribution in [3.8, 4) is 22.4 Å². The summed E-state index contributed by atoms with van der Waals surface area (Å²) in [4.78, 5) is 14.5. The van der Waals surface area contributed by atoms with Crippen LogP contribution in [0.4, 0.5) is 0 Å². The number of H-pyrrole nitrogens is 1. The number of hydrogen-bond acceptors (Lipinski definition) is 6. The lowest BCUT2D eigenvalue weighted by Crippen LogP contribution is -2.41. The molecule has 0 radical (unpaired) electrons. The number of ether oxygens (including phenoxy) is 1. The van der Waals surface area contributed by atoms with Crippen LogP contribution in [0.1, 0.15) is 0 Å². The zero-order valence-electron chi connectivity index (χ0n) is 15.6. The molecule has 2 aliphatic rings. The number of fused-ring (bicyclic) bond motifs is 3. The molecule has 0 atom stereocenters. The normalized spacial score (nSPS) is 16.3. The standard InChI is InChI=1S/C20H20N4O4S/c25-20-16-3-1-2-15-14-5-4-13(12-17(14)19(18(15)16)22-23-20)29(26,27)21-6-7-24-8-10-28-11-9-24/h1-5,12,21H,6-11H2,(H,23,25). The third kappa shape index (κ3) is 3.16. The average molecular weight is 412 g/mol. The molecule has 0 saturated carbocycles. The van der Waals surface area contributed by atoms with Crippen LogP contribution in [0.2, 0.25) is 0 Å². The Hall–Kier alpha value is -2.59. The number of aromatic amines is 1. The summed E-state index contributed by atoms with van der Waals surface area (Å²) in [5.41, 5.74) is 2.84. The summed E-state index contributed by atoms with van der Waals surface area (Å²) in [6.07, 6.45) is 0. The molecule has 1 aliphatic carbocycles. The molecule has 3 aromatic rings. The maximum atomic E-state index is 12.8. The van der Waals surface area contributed by atoms with Gasteiger partial charge in [-0.15, -0.1) is 0 Å². The van der Waals surface area contributed by atoms with E-state index in [0.29, 0.717) is 42.9 Å². The van der Waals surface area contributed by atoms with Gasteiger partial charge in [0.05, 0.1) is 29.2 Å². The summed E-state index contributed by atoms with van der Waals surface area (Å²) < 4.78 is 33.6. The van der Waals surface area contributed by atoms with E-state index in [-0.39, 0.29) is 10.5 Å². The maximum absolute atomic E-state index is 12.8. The zero-order chi connectivity index (χ0) is 20.0. The first-order valence-electron chi connectivity index (χ1n) is 9.50. The molecule has 0 bridgehead atoms. The fraction of sp³-hybridized carbons (Fsp3) is 0.300. The van der Waals surface area contributed by atoms with Crippen molar-refractivity contribution < 1.29 is 13.2 Å². The lowest BCUT2D eigenvalue weighted by Gasteiger charge is -2.26. The predicted octanol–water partition coefficient (Wildman–Crippen LogP) is 1.18. The molecule has 1 saturated heterocycles. The van der Waals surface area contributed by atoms with Crippen LogP contribution < -0.4 is 10.3 Å². The molecule has 8 nitrogen and oxygen atoms in total. The highest BCUT2D eigenvalue weighted by Gasteiger charge is 2.26. The maximum Gasteiger partial charge on any atom is 0.272 e. The summed E-state index contributed by atoms with van der Waals surface area (Å²) >= 11 is 0. The van der Waals surface area contributed by atoms with Crippen LogP contribution in [0.25, 0.3) is 33.2 Å². The minimum absolute atomic E-state index is 0.187. The quantitative estimate of drug-likeness (QED) is 0.510. The Morgan fingerprint density at radius 3 is 2.76 bits per heavy atom. The Morgan fingerprint density at radius 2 is 1.93 bits per heavy atom. The molecule has 2 heterocycles. The van der Waals surface area contributed by atoms with Crippen molar-refractivity contribution in [1.82, 2.24) is 19.8 Å². The first kappa shape index (κ1) is 18.4. The molecule has 0 unspecified atom stereocenters. The van der Waals surface area contributed by atoms with E-state index < -0.39 is 10.0 Å². The van der Waals surface area contributed by atoms with Crippen molar-refractivity contribution in [3.63, 3.8) is 0 Å². The SMILES string of the molecule is O=c1[nH]nc2c3c(cccc13)-c1ccc(S(=O)(=O)NCCN3CCOCC3)cc1-2. The molecule has 2 aromatic carbocycles. The number of nitrogens with zero attached hydrogens (tertiary/aromatic N) is 2. The van der Waals surface area contributed by atoms with E-state index in [9.17, 15) is 13.2 Å². The Bertz CT molecular complexity index is 1260. The van der Waals surface area contributed by atoms with Crippen molar-refractivity contribution in [1.29, 1.82) is 0 Å². The molecular weight excluding hydrogens is 392 g/mol. The third-order valence-corrected chi connectivity index (χ3v) is 6.94. The molecule has 1 aromatic heterocycles. The smallest absolute Gasteiger partial charge is 0.272 e. The Labute approximate surface area is 167 Å². The van der Waals surface area contributed by atoms with Crippen LogP contribution >= 0.6 is 0 Å². The van der Waals surface area contributed by atoms with Crippen LogP contribution in [0.3, 0.4) is 0 Å². The van der Waals surface area contributed by atoms with Gasteiger partial charge in [0.25, 0.3) is 5.56 Å². The lowest BCUT2D eigenvalue weighted by molar-refractivity contribution is 0.0390.